The Morgan fingerprint density at radius 2 is 1.64 bits per heavy atom. The molecule has 3 aromatic rings. The summed E-state index contributed by atoms with van der Waals surface area (Å²) in [5.41, 5.74) is 0.539. The van der Waals surface area contributed by atoms with E-state index >= 15 is 0 Å². The maximum atomic E-state index is 12.7. The number of hydrogen-bond donors (Lipinski definition) is 3. The summed E-state index contributed by atoms with van der Waals surface area (Å²) in [6.07, 6.45) is 2.39. The summed E-state index contributed by atoms with van der Waals surface area (Å²) in [5, 5.41) is 10.1. The quantitative estimate of drug-likeness (QED) is 0.536. The predicted molar refractivity (Wildman–Crippen MR) is 107 cm³/mol. The monoisotopic (exact) mass is 442 g/mol. The number of anilines is 2. The summed E-state index contributed by atoms with van der Waals surface area (Å²) in [6, 6.07) is 11.2. The van der Waals surface area contributed by atoms with E-state index in [1.807, 2.05) is 0 Å². The molecule has 11 heteroatoms. The molecule has 0 radical (unpaired) electrons. The van der Waals surface area contributed by atoms with E-state index in [1.165, 1.54) is 36.6 Å². The Kier molecular flexibility index (Phi) is 5.28. The largest absolute Gasteiger partial charge is 0.507 e. The third kappa shape index (κ3) is 4.58. The highest BCUT2D eigenvalue weighted by molar-refractivity contribution is 7.93. The Morgan fingerprint density at radius 3 is 2.25 bits per heavy atom. The smallest absolute Gasteiger partial charge is 0.263 e. The van der Waals surface area contributed by atoms with Crippen LogP contribution in [0.15, 0.2) is 64.1 Å². The van der Waals surface area contributed by atoms with Crippen LogP contribution in [0, 0.1) is 0 Å². The molecule has 148 valence electrons. The number of phenols is 1. The number of phenolic OH excluding ortho intramolecular Hbond substituents is 1. The van der Waals surface area contributed by atoms with Crippen molar-refractivity contribution >= 4 is 43.0 Å². The molecule has 0 aliphatic rings. The second kappa shape index (κ2) is 7.38. The van der Waals surface area contributed by atoms with Gasteiger partial charge in [0.2, 0.25) is 10.0 Å². The molecule has 0 bridgehead atoms. The minimum Gasteiger partial charge on any atom is -0.507 e. The van der Waals surface area contributed by atoms with Crippen molar-refractivity contribution in [2.45, 2.75) is 4.90 Å². The minimum atomic E-state index is -4.16. The topological polar surface area (TPSA) is 126 Å². The molecule has 0 unspecified atom stereocenters. The lowest BCUT2D eigenvalue weighted by Crippen LogP contribution is -2.14. The first-order valence-electron chi connectivity index (χ1n) is 7.72. The first kappa shape index (κ1) is 20.1. The molecular formula is C17H15ClN2O6S2. The maximum Gasteiger partial charge on any atom is 0.263 e. The molecule has 0 spiro atoms. The van der Waals surface area contributed by atoms with Gasteiger partial charge in [-0.25, -0.2) is 16.8 Å². The fraction of sp³-hybridized carbons (Fsp3) is 0.0588. The fourth-order valence-electron chi connectivity index (χ4n) is 2.45. The van der Waals surface area contributed by atoms with Crippen LogP contribution >= 0.6 is 11.6 Å². The van der Waals surface area contributed by atoms with Crippen molar-refractivity contribution in [3.8, 4) is 17.1 Å². The zero-order valence-corrected chi connectivity index (χ0v) is 16.8. The second-order valence-corrected chi connectivity index (χ2v) is 9.64. The molecule has 2 aromatic carbocycles. The van der Waals surface area contributed by atoms with Crippen LogP contribution < -0.4 is 9.44 Å². The highest BCUT2D eigenvalue weighted by atomic mass is 35.5. The average Bonchev–Trinajstić information content (AvgIpc) is 3.09. The molecule has 1 heterocycles. The number of furan rings is 1. The van der Waals surface area contributed by atoms with E-state index in [9.17, 15) is 21.9 Å². The van der Waals surface area contributed by atoms with Gasteiger partial charge in [-0.3, -0.25) is 9.44 Å². The van der Waals surface area contributed by atoms with Crippen molar-refractivity contribution in [2.75, 3.05) is 15.7 Å². The third-order valence-corrected chi connectivity index (χ3v) is 6.00. The number of nitrogens with one attached hydrogen (secondary N) is 2. The van der Waals surface area contributed by atoms with E-state index in [4.69, 9.17) is 16.0 Å². The van der Waals surface area contributed by atoms with Gasteiger partial charge < -0.3 is 9.52 Å². The zero-order valence-electron chi connectivity index (χ0n) is 14.4. The predicted octanol–water partition coefficient (Wildman–Crippen LogP) is 3.48. The lowest BCUT2D eigenvalue weighted by molar-refractivity contribution is 0.471. The molecule has 3 N–H and O–H groups in total. The van der Waals surface area contributed by atoms with Gasteiger partial charge in [-0.05, 0) is 36.4 Å². The number of aromatic hydroxyl groups is 1. The summed E-state index contributed by atoms with van der Waals surface area (Å²) in [7, 11) is -7.68. The third-order valence-electron chi connectivity index (χ3n) is 3.54. The van der Waals surface area contributed by atoms with Gasteiger partial charge in [-0.2, -0.15) is 0 Å². The first-order chi connectivity index (χ1) is 13.0. The Bertz CT molecular complexity index is 1220. The Hall–Kier alpha value is -2.69. The van der Waals surface area contributed by atoms with Crippen LogP contribution in [-0.2, 0) is 20.0 Å². The van der Waals surface area contributed by atoms with Gasteiger partial charge in [0.1, 0.15) is 16.4 Å². The van der Waals surface area contributed by atoms with Crippen LogP contribution in [0.5, 0.6) is 5.75 Å². The van der Waals surface area contributed by atoms with Crippen LogP contribution in [0.4, 0.5) is 11.4 Å². The molecule has 0 fully saturated rings. The van der Waals surface area contributed by atoms with E-state index in [1.54, 1.807) is 12.1 Å². The second-order valence-electron chi connectivity index (χ2n) is 5.84. The molecule has 8 nitrogen and oxygen atoms in total. The number of sulfonamides is 2. The molecule has 0 atom stereocenters. The van der Waals surface area contributed by atoms with Gasteiger partial charge in [0.15, 0.2) is 0 Å². The molecule has 0 saturated carbocycles. The Labute approximate surface area is 166 Å². The number of benzene rings is 2. The lowest BCUT2D eigenvalue weighted by atomic mass is 10.1. The number of halogens is 1. The van der Waals surface area contributed by atoms with Gasteiger partial charge in [-0.1, -0.05) is 17.7 Å². The van der Waals surface area contributed by atoms with Crippen molar-refractivity contribution < 1.29 is 26.4 Å². The van der Waals surface area contributed by atoms with E-state index in [2.05, 4.69) is 9.44 Å². The Balaban J connectivity index is 1.94. The van der Waals surface area contributed by atoms with E-state index in [0.717, 1.165) is 12.3 Å². The molecule has 1 aromatic heterocycles. The molecule has 0 aliphatic heterocycles. The number of rotatable bonds is 6. The van der Waals surface area contributed by atoms with Crippen molar-refractivity contribution in [1.82, 2.24) is 0 Å². The molecule has 0 amide bonds. The maximum absolute atomic E-state index is 12.7. The summed E-state index contributed by atoms with van der Waals surface area (Å²) in [6.45, 7) is 0. The molecular weight excluding hydrogens is 428 g/mol. The highest BCUT2D eigenvalue weighted by Crippen LogP contribution is 2.36. The van der Waals surface area contributed by atoms with Crippen molar-refractivity contribution in [3.05, 3.63) is 59.8 Å². The van der Waals surface area contributed by atoms with Gasteiger partial charge in [0.25, 0.3) is 10.0 Å². The van der Waals surface area contributed by atoms with Gasteiger partial charge >= 0.3 is 0 Å². The summed E-state index contributed by atoms with van der Waals surface area (Å²) in [5.74, 6) is 0.00285. The SMILES string of the molecule is CS(=O)(=O)Nc1cccc(NS(=O)(=O)c2cc(O)c(-c3ccco3)cc2Cl)c1. The normalized spacial score (nSPS) is 11.9. The molecule has 0 aliphatic carbocycles. The van der Waals surface area contributed by atoms with Gasteiger partial charge in [0.05, 0.1) is 34.5 Å². The standard InChI is InChI=1S/C17H15ClN2O6S2/c1-27(22,23)19-11-4-2-5-12(8-11)20-28(24,25)17-10-15(21)13(9-14(17)18)16-6-3-7-26-16/h2-10,19-21H,1H3. The van der Waals surface area contributed by atoms with Crippen LogP contribution in [0.3, 0.4) is 0 Å². The van der Waals surface area contributed by atoms with E-state index < -0.39 is 20.0 Å². The zero-order chi connectivity index (χ0) is 20.5. The molecule has 28 heavy (non-hydrogen) atoms. The first-order valence-corrected chi connectivity index (χ1v) is 11.5. The van der Waals surface area contributed by atoms with Crippen LogP contribution in [0.25, 0.3) is 11.3 Å². The van der Waals surface area contributed by atoms with E-state index in [-0.39, 0.29) is 32.6 Å². The Morgan fingerprint density at radius 1 is 0.964 bits per heavy atom. The summed E-state index contributed by atoms with van der Waals surface area (Å²) in [4.78, 5) is -0.344. The minimum absolute atomic E-state index is 0.110. The lowest BCUT2D eigenvalue weighted by Gasteiger charge is -2.12. The van der Waals surface area contributed by atoms with Gasteiger partial charge in [0, 0.05) is 6.07 Å². The van der Waals surface area contributed by atoms with Gasteiger partial charge in [-0.15, -0.1) is 0 Å². The van der Waals surface area contributed by atoms with Crippen molar-refractivity contribution in [2.24, 2.45) is 0 Å². The van der Waals surface area contributed by atoms with Crippen LogP contribution in [-0.4, -0.2) is 28.2 Å². The average molecular weight is 443 g/mol. The van der Waals surface area contributed by atoms with Crippen LogP contribution in [0.2, 0.25) is 5.02 Å². The summed E-state index contributed by atoms with van der Waals surface area (Å²) >= 11 is 6.12. The highest BCUT2D eigenvalue weighted by Gasteiger charge is 2.22. The van der Waals surface area contributed by atoms with E-state index in [0.29, 0.717) is 5.76 Å². The van der Waals surface area contributed by atoms with Crippen molar-refractivity contribution in [3.63, 3.8) is 0 Å². The number of hydrogen-bond acceptors (Lipinski definition) is 6. The summed E-state index contributed by atoms with van der Waals surface area (Å²) < 4.78 is 57.8. The molecule has 3 rings (SSSR count). The fourth-order valence-corrected chi connectivity index (χ4v) is 4.60. The van der Waals surface area contributed by atoms with Crippen LogP contribution in [0.1, 0.15) is 0 Å². The van der Waals surface area contributed by atoms with Crippen molar-refractivity contribution in [1.29, 1.82) is 0 Å². The molecule has 0 saturated heterocycles.